The van der Waals surface area contributed by atoms with Crippen LogP contribution in [0.15, 0.2) is 100 Å². The highest BCUT2D eigenvalue weighted by atomic mass is 32.2. The van der Waals surface area contributed by atoms with Gasteiger partial charge in [0.25, 0.3) is 5.91 Å². The molecule has 0 spiro atoms. The Bertz CT molecular complexity index is 1150. The summed E-state index contributed by atoms with van der Waals surface area (Å²) in [6, 6.07) is 25.3. The van der Waals surface area contributed by atoms with Crippen LogP contribution in [0.2, 0.25) is 0 Å². The van der Waals surface area contributed by atoms with Gasteiger partial charge in [0.15, 0.2) is 11.0 Å². The molecule has 4 rings (SSSR count). The summed E-state index contributed by atoms with van der Waals surface area (Å²) >= 11 is 1.37. The summed E-state index contributed by atoms with van der Waals surface area (Å²) in [4.78, 5) is 24.7. The van der Waals surface area contributed by atoms with Crippen molar-refractivity contribution in [1.29, 1.82) is 0 Å². The fraction of sp³-hybridized carbons (Fsp3) is 0.0800. The van der Waals surface area contributed by atoms with E-state index in [0.29, 0.717) is 15.9 Å². The number of allylic oxidation sites excluding steroid dienone is 2. The average molecular weight is 412 g/mol. The minimum absolute atomic E-state index is 0.0848. The maximum Gasteiger partial charge on any atom is 0.271 e. The van der Waals surface area contributed by atoms with E-state index in [2.05, 4.69) is 16.1 Å². The molecule has 0 unspecified atom stereocenters. The van der Waals surface area contributed by atoms with E-state index in [1.807, 2.05) is 98.8 Å². The van der Waals surface area contributed by atoms with Crippen molar-refractivity contribution in [2.45, 2.75) is 13.8 Å². The van der Waals surface area contributed by atoms with Crippen molar-refractivity contribution in [2.75, 3.05) is 4.90 Å². The molecule has 3 aromatic rings. The zero-order valence-electron chi connectivity index (χ0n) is 16.8. The lowest BCUT2D eigenvalue weighted by Crippen LogP contribution is -2.28. The Balaban J connectivity index is 1.72. The van der Waals surface area contributed by atoms with E-state index in [1.165, 1.54) is 11.8 Å². The van der Waals surface area contributed by atoms with Gasteiger partial charge in [-0.05, 0) is 67.1 Å². The number of nitrogens with zero attached hydrogens (tertiary/aromatic N) is 3. The maximum atomic E-state index is 13.3. The zero-order chi connectivity index (χ0) is 20.9. The third kappa shape index (κ3) is 4.58. The number of hydrogen-bond acceptors (Lipinski definition) is 4. The molecule has 0 saturated carbocycles. The fourth-order valence-corrected chi connectivity index (χ4v) is 4.14. The van der Waals surface area contributed by atoms with E-state index in [1.54, 1.807) is 4.90 Å². The second-order valence-corrected chi connectivity index (χ2v) is 7.93. The Morgan fingerprint density at radius 2 is 1.67 bits per heavy atom. The summed E-state index contributed by atoms with van der Waals surface area (Å²) in [5.74, 6) is 0.502. The third-order valence-electron chi connectivity index (χ3n) is 4.46. The predicted molar refractivity (Wildman–Crippen MR) is 126 cm³/mol. The molecule has 1 amide bonds. The molecule has 2 aromatic carbocycles. The van der Waals surface area contributed by atoms with Crippen LogP contribution < -0.4 is 4.90 Å². The number of aliphatic imine (C=N–C) groups is 1. The SMILES string of the molecule is CC(/C=C1\S/C(=N/c2cccc(C)n2)N(c2ccccc2)C1=O)=C\c1ccccc1. The predicted octanol–water partition coefficient (Wildman–Crippen LogP) is 6.14. The van der Waals surface area contributed by atoms with Gasteiger partial charge in [0.05, 0.1) is 10.6 Å². The number of aryl methyl sites for hydroxylation is 1. The smallest absolute Gasteiger partial charge is 0.268 e. The number of pyridine rings is 1. The molecule has 0 bridgehead atoms. The Morgan fingerprint density at radius 1 is 0.967 bits per heavy atom. The van der Waals surface area contributed by atoms with Gasteiger partial charge in [-0.25, -0.2) is 9.98 Å². The number of benzene rings is 2. The number of thioether (sulfide) groups is 1. The molecule has 1 fully saturated rings. The number of hydrogen-bond donors (Lipinski definition) is 0. The van der Waals surface area contributed by atoms with Crippen molar-refractivity contribution < 1.29 is 4.79 Å². The van der Waals surface area contributed by atoms with Crippen molar-refractivity contribution in [3.05, 3.63) is 107 Å². The van der Waals surface area contributed by atoms with Crippen molar-refractivity contribution in [3.63, 3.8) is 0 Å². The van der Waals surface area contributed by atoms with Gasteiger partial charge >= 0.3 is 0 Å². The van der Waals surface area contributed by atoms with Crippen LogP contribution in [0, 0.1) is 6.92 Å². The summed E-state index contributed by atoms with van der Waals surface area (Å²) in [6.45, 7) is 3.92. The van der Waals surface area contributed by atoms with Crippen LogP contribution in [0.1, 0.15) is 18.2 Å². The van der Waals surface area contributed by atoms with Gasteiger partial charge in [-0.15, -0.1) is 0 Å². The minimum Gasteiger partial charge on any atom is -0.268 e. The van der Waals surface area contributed by atoms with E-state index >= 15 is 0 Å². The largest absolute Gasteiger partial charge is 0.271 e. The van der Waals surface area contributed by atoms with Crippen LogP contribution >= 0.6 is 11.8 Å². The number of amidine groups is 1. The monoisotopic (exact) mass is 411 g/mol. The van der Waals surface area contributed by atoms with Gasteiger partial charge in [-0.3, -0.25) is 9.69 Å². The van der Waals surface area contributed by atoms with Crippen molar-refractivity contribution in [1.82, 2.24) is 4.98 Å². The third-order valence-corrected chi connectivity index (χ3v) is 5.43. The first-order chi connectivity index (χ1) is 14.6. The van der Waals surface area contributed by atoms with Crippen LogP contribution in [0.3, 0.4) is 0 Å². The first kappa shape index (κ1) is 19.9. The molecular formula is C25H21N3OS. The Hall–Kier alpha value is -3.44. The molecule has 0 aliphatic carbocycles. The molecule has 1 aromatic heterocycles. The van der Waals surface area contributed by atoms with E-state index in [4.69, 9.17) is 0 Å². The molecular weight excluding hydrogens is 390 g/mol. The second-order valence-electron chi connectivity index (χ2n) is 6.92. The quantitative estimate of drug-likeness (QED) is 0.484. The molecule has 4 nitrogen and oxygen atoms in total. The van der Waals surface area contributed by atoms with Crippen LogP contribution in [0.25, 0.3) is 6.08 Å². The van der Waals surface area contributed by atoms with Gasteiger partial charge in [0.1, 0.15) is 0 Å². The lowest BCUT2D eigenvalue weighted by molar-refractivity contribution is -0.113. The molecule has 0 radical (unpaired) electrons. The Labute approximate surface area is 180 Å². The summed E-state index contributed by atoms with van der Waals surface area (Å²) in [5, 5.41) is 0.600. The normalized spacial score (nSPS) is 17.2. The highest BCUT2D eigenvalue weighted by molar-refractivity contribution is 8.19. The van der Waals surface area contributed by atoms with Gasteiger partial charge in [-0.2, -0.15) is 0 Å². The average Bonchev–Trinajstić information content (AvgIpc) is 3.04. The van der Waals surface area contributed by atoms with Crippen LogP contribution in [-0.4, -0.2) is 16.1 Å². The first-order valence-corrected chi connectivity index (χ1v) is 10.5. The molecule has 5 heteroatoms. The highest BCUT2D eigenvalue weighted by Crippen LogP contribution is 2.36. The zero-order valence-corrected chi connectivity index (χ0v) is 17.6. The lowest BCUT2D eigenvalue weighted by Gasteiger charge is -2.15. The van der Waals surface area contributed by atoms with Gasteiger partial charge in [-0.1, -0.05) is 60.7 Å². The highest BCUT2D eigenvalue weighted by Gasteiger charge is 2.34. The first-order valence-electron chi connectivity index (χ1n) is 9.65. The Morgan fingerprint density at radius 3 is 2.37 bits per heavy atom. The number of carbonyl (C=O) groups is 1. The van der Waals surface area contributed by atoms with Gasteiger partial charge in [0.2, 0.25) is 0 Å². The van der Waals surface area contributed by atoms with Crippen molar-refractivity contribution in [3.8, 4) is 0 Å². The molecule has 2 heterocycles. The summed E-state index contributed by atoms with van der Waals surface area (Å²) < 4.78 is 0. The molecule has 0 atom stereocenters. The molecule has 30 heavy (non-hydrogen) atoms. The topological polar surface area (TPSA) is 45.6 Å². The van der Waals surface area contributed by atoms with Crippen LogP contribution in [0.4, 0.5) is 11.5 Å². The number of aromatic nitrogens is 1. The molecule has 148 valence electrons. The summed E-state index contributed by atoms with van der Waals surface area (Å²) in [5.41, 5.74) is 3.77. The van der Waals surface area contributed by atoms with E-state index in [0.717, 1.165) is 22.5 Å². The van der Waals surface area contributed by atoms with Crippen molar-refractivity contribution in [2.24, 2.45) is 4.99 Å². The summed E-state index contributed by atoms with van der Waals surface area (Å²) in [6.07, 6.45) is 3.98. The Kier molecular flexibility index (Phi) is 5.91. The van der Waals surface area contributed by atoms with Crippen LogP contribution in [-0.2, 0) is 4.79 Å². The van der Waals surface area contributed by atoms with Crippen LogP contribution in [0.5, 0.6) is 0 Å². The molecule has 1 saturated heterocycles. The van der Waals surface area contributed by atoms with Crippen molar-refractivity contribution >= 4 is 40.4 Å². The number of amides is 1. The van der Waals surface area contributed by atoms with E-state index in [-0.39, 0.29) is 5.91 Å². The number of para-hydroxylation sites is 1. The second kappa shape index (κ2) is 8.93. The number of carbonyl (C=O) groups excluding carboxylic acids is 1. The van der Waals surface area contributed by atoms with Gasteiger partial charge in [0, 0.05) is 5.69 Å². The fourth-order valence-electron chi connectivity index (χ4n) is 3.10. The maximum absolute atomic E-state index is 13.3. The molecule has 1 aliphatic rings. The summed E-state index contributed by atoms with van der Waals surface area (Å²) in [7, 11) is 0. The standard InChI is InChI=1S/C25H21N3OS/c1-18(16-20-11-5-3-6-12-20)17-22-24(29)28(21-13-7-4-8-14-21)25(30-22)27-23-15-9-10-19(2)26-23/h3-17H,1-2H3/b18-16+,22-17-,27-25+. The minimum atomic E-state index is -0.0848. The molecule has 1 aliphatic heterocycles. The molecule has 0 N–H and O–H groups in total. The number of rotatable bonds is 4. The van der Waals surface area contributed by atoms with Gasteiger partial charge < -0.3 is 0 Å². The van der Waals surface area contributed by atoms with E-state index in [9.17, 15) is 4.79 Å². The van der Waals surface area contributed by atoms with E-state index < -0.39 is 0 Å². The number of anilines is 1. The lowest BCUT2D eigenvalue weighted by atomic mass is 10.1.